The largest absolute Gasteiger partial charge is 0.671 e. The fraction of sp³-hybridized carbons (Fsp3) is 0.975. The van der Waals surface area contributed by atoms with E-state index < -0.39 is 71.4 Å². The monoisotopic (exact) mass is 1130 g/mol. The Morgan fingerprint density at radius 2 is 0.912 bits per heavy atom. The molecule has 20 nitrogen and oxygen atoms in total. The standard InChI is InChI=1S/C16H42O8Si4.C12H29NO7Si2.C7H18O2Si.C5H14O2Si/c1-9-13-18-25(5)22-27(7,20-15-11-3)24-28(8,21-16-12-4)23-26(6,17)19-14-10-2;1-7-18-21(19-8-2,11-9-10-13-12(3)14)20-22(15-4,16-5)17-6;1-4-6-8-10(3)9-7-5-2;1-4-5-7-8(2,3)6/h17,25H,9-16H2,1-8H3;7-11H2,1-6H3,(H,13,14);10H,4-7H2,1-3H3;6H,4-5H2,1-3H3. The average Bonchev–Trinajstić information content (AvgIpc) is 3.27. The molecule has 0 aliphatic heterocycles. The number of carbonyl (C=O) groups is 1. The summed E-state index contributed by atoms with van der Waals surface area (Å²) in [5.41, 5.74) is 0. The fourth-order valence-electron chi connectivity index (χ4n) is 5.20. The Hall–Kier alpha value is 0.485. The Bertz CT molecular complexity index is 1120. The van der Waals surface area contributed by atoms with E-state index in [1.54, 1.807) is 26.2 Å². The zero-order valence-electron chi connectivity index (χ0n) is 46.4. The van der Waals surface area contributed by atoms with Crippen LogP contribution in [-0.2, 0) is 74.4 Å². The lowest BCUT2D eigenvalue weighted by Gasteiger charge is -2.38. The van der Waals surface area contributed by atoms with E-state index in [1.165, 1.54) is 28.3 Å². The van der Waals surface area contributed by atoms with Crippen LogP contribution in [0.1, 0.15) is 121 Å². The van der Waals surface area contributed by atoms with Crippen molar-refractivity contribution in [2.24, 2.45) is 0 Å². The minimum atomic E-state index is -3.40. The van der Waals surface area contributed by atoms with Crippen LogP contribution in [0.15, 0.2) is 0 Å². The quantitative estimate of drug-likeness (QED) is 0.0416. The molecule has 68 heavy (non-hydrogen) atoms. The van der Waals surface area contributed by atoms with Crippen molar-refractivity contribution in [3.05, 3.63) is 0 Å². The molecule has 414 valence electrons. The van der Waals surface area contributed by atoms with Crippen molar-refractivity contribution < 1.29 is 84.0 Å². The Labute approximate surface area is 424 Å². The highest BCUT2D eigenvalue weighted by Gasteiger charge is 2.55. The van der Waals surface area contributed by atoms with Crippen molar-refractivity contribution in [3.8, 4) is 0 Å². The lowest BCUT2D eigenvalue weighted by molar-refractivity contribution is -0.119. The van der Waals surface area contributed by atoms with E-state index in [-0.39, 0.29) is 5.91 Å². The second-order valence-corrected chi connectivity index (χ2v) is 36.5. The molecule has 4 atom stereocenters. The molecular formula is C40H103NO19Si8. The molecule has 4 unspecified atom stereocenters. The molecule has 0 aromatic carbocycles. The third-order valence-corrected chi connectivity index (χ3v) is 28.4. The zero-order chi connectivity index (χ0) is 53.2. The van der Waals surface area contributed by atoms with E-state index in [0.717, 1.165) is 58.2 Å². The van der Waals surface area contributed by atoms with Crippen molar-refractivity contribution in [2.75, 3.05) is 87.3 Å². The Kier molecular flexibility index (Phi) is 49.6. The van der Waals surface area contributed by atoms with Gasteiger partial charge in [0.15, 0.2) is 0 Å². The van der Waals surface area contributed by atoms with Crippen LogP contribution < -0.4 is 5.32 Å². The Balaban J connectivity index is -0.000000449. The predicted molar refractivity (Wildman–Crippen MR) is 285 cm³/mol. The van der Waals surface area contributed by atoms with Crippen LogP contribution in [0.2, 0.25) is 51.9 Å². The number of nitrogens with one attached hydrogen (secondary N) is 1. The SMILES string of the molecule is CCCO[SiH](C)OCCC.CCCO[SiH](C)O[Si](C)(OCCC)O[Si](C)(OCCC)O[Si](C)(O)OCCC.CCCO[Si](C)(C)O.CCO[Si](CCCNC(C)=O)(OCC)O[Si](OC)(OC)OC. The van der Waals surface area contributed by atoms with Gasteiger partial charge in [-0.25, -0.2) is 0 Å². The van der Waals surface area contributed by atoms with Gasteiger partial charge in [-0.1, -0.05) is 48.5 Å². The van der Waals surface area contributed by atoms with Gasteiger partial charge < -0.3 is 84.5 Å². The number of rotatable bonds is 40. The summed E-state index contributed by atoms with van der Waals surface area (Å²) in [5, 5.41) is 2.74. The van der Waals surface area contributed by atoms with E-state index in [4.69, 9.17) is 74.4 Å². The second kappa shape index (κ2) is 44.9. The summed E-state index contributed by atoms with van der Waals surface area (Å²) in [6.45, 7) is 38.1. The van der Waals surface area contributed by atoms with Gasteiger partial charge in [-0.15, -0.1) is 0 Å². The molecule has 0 aromatic heterocycles. The highest BCUT2D eigenvalue weighted by Crippen LogP contribution is 2.26. The lowest BCUT2D eigenvalue weighted by Crippen LogP contribution is -2.61. The first-order valence-electron chi connectivity index (χ1n) is 24.7. The highest BCUT2D eigenvalue weighted by atomic mass is 28.5. The van der Waals surface area contributed by atoms with E-state index in [2.05, 4.69) is 32.6 Å². The number of carbonyl (C=O) groups excluding carboxylic acids is 1. The third-order valence-electron chi connectivity index (χ3n) is 7.96. The van der Waals surface area contributed by atoms with E-state index in [1.807, 2.05) is 54.6 Å². The molecule has 0 bridgehead atoms. The molecule has 0 fully saturated rings. The number of hydrogen-bond donors (Lipinski definition) is 3. The molecule has 0 heterocycles. The van der Waals surface area contributed by atoms with Crippen LogP contribution in [0.25, 0.3) is 0 Å². The van der Waals surface area contributed by atoms with Crippen LogP contribution in [0.5, 0.6) is 0 Å². The fourth-order valence-corrected chi connectivity index (χ4v) is 25.7. The molecule has 0 aliphatic carbocycles. The molecule has 3 N–H and O–H groups in total. The van der Waals surface area contributed by atoms with Crippen molar-refractivity contribution >= 4 is 77.3 Å². The molecule has 0 radical (unpaired) electrons. The first kappa shape index (κ1) is 75.0. The maximum atomic E-state index is 10.9. The van der Waals surface area contributed by atoms with Crippen LogP contribution in [0.4, 0.5) is 0 Å². The van der Waals surface area contributed by atoms with Gasteiger partial charge >= 0.3 is 71.4 Å². The van der Waals surface area contributed by atoms with Gasteiger partial charge in [0, 0.05) is 120 Å². The predicted octanol–water partition coefficient (Wildman–Crippen LogP) is 7.00. The molecule has 0 saturated carbocycles. The van der Waals surface area contributed by atoms with Crippen LogP contribution in [-0.4, -0.2) is 174 Å². The van der Waals surface area contributed by atoms with Gasteiger partial charge in [-0.2, -0.15) is 0 Å². The summed E-state index contributed by atoms with van der Waals surface area (Å²) in [5.74, 6) is -0.0737. The molecular weight excluding hydrogens is 1020 g/mol. The smallest absolute Gasteiger partial charge is 0.411 e. The van der Waals surface area contributed by atoms with Gasteiger partial charge in [0.2, 0.25) is 5.91 Å². The number of hydrogen-bond acceptors (Lipinski definition) is 19. The summed E-state index contributed by atoms with van der Waals surface area (Å²) < 4.78 is 91.3. The molecule has 0 rings (SSSR count). The minimum Gasteiger partial charge on any atom is -0.411 e. The molecule has 0 saturated heterocycles. The summed E-state index contributed by atoms with van der Waals surface area (Å²) in [6.07, 6.45) is 7.17. The summed E-state index contributed by atoms with van der Waals surface area (Å²) in [7, 11) is -17.0. The van der Waals surface area contributed by atoms with Gasteiger partial charge in [0.1, 0.15) is 0 Å². The van der Waals surface area contributed by atoms with Crippen molar-refractivity contribution in [2.45, 2.75) is 172 Å². The van der Waals surface area contributed by atoms with Crippen LogP contribution in [0, 0.1) is 0 Å². The van der Waals surface area contributed by atoms with Crippen LogP contribution >= 0.6 is 0 Å². The van der Waals surface area contributed by atoms with Crippen molar-refractivity contribution in [1.29, 1.82) is 0 Å². The molecule has 28 heteroatoms. The minimum absolute atomic E-state index is 0.0737. The first-order valence-corrected chi connectivity index (χ1v) is 42.0. The van der Waals surface area contributed by atoms with Gasteiger partial charge in [-0.05, 0) is 91.4 Å². The maximum Gasteiger partial charge on any atom is 0.671 e. The van der Waals surface area contributed by atoms with E-state index in [0.29, 0.717) is 65.3 Å². The molecule has 0 spiro atoms. The van der Waals surface area contributed by atoms with E-state index >= 15 is 0 Å². The molecule has 0 aromatic rings. The lowest BCUT2D eigenvalue weighted by atomic mass is 10.5. The normalized spacial score (nSPS) is 15.1. The number of amides is 1. The molecule has 1 amide bonds. The summed E-state index contributed by atoms with van der Waals surface area (Å²) >= 11 is 0. The van der Waals surface area contributed by atoms with Gasteiger partial charge in [-0.3, -0.25) is 4.79 Å². The van der Waals surface area contributed by atoms with Crippen LogP contribution in [0.3, 0.4) is 0 Å². The first-order chi connectivity index (χ1) is 31.8. The summed E-state index contributed by atoms with van der Waals surface area (Å²) in [4.78, 5) is 30.6. The summed E-state index contributed by atoms with van der Waals surface area (Å²) in [6, 6.07) is 0.528. The Morgan fingerprint density at radius 3 is 1.28 bits per heavy atom. The van der Waals surface area contributed by atoms with Crippen molar-refractivity contribution in [3.63, 3.8) is 0 Å². The zero-order valence-corrected chi connectivity index (χ0v) is 54.7. The second-order valence-electron chi connectivity index (χ2n) is 15.9. The Morgan fingerprint density at radius 1 is 0.515 bits per heavy atom. The van der Waals surface area contributed by atoms with Gasteiger partial charge in [0.05, 0.1) is 0 Å². The maximum absolute atomic E-state index is 10.9. The average molecular weight is 1130 g/mol. The highest BCUT2D eigenvalue weighted by molar-refractivity contribution is 6.81. The molecule has 0 aliphatic rings. The van der Waals surface area contributed by atoms with E-state index in [9.17, 15) is 9.59 Å². The topological polar surface area (TPSA) is 217 Å². The van der Waals surface area contributed by atoms with Crippen molar-refractivity contribution in [1.82, 2.24) is 5.32 Å². The van der Waals surface area contributed by atoms with Gasteiger partial charge in [0.25, 0.3) is 0 Å². The third kappa shape index (κ3) is 44.0.